The lowest BCUT2D eigenvalue weighted by molar-refractivity contribution is 0.0848. The highest BCUT2D eigenvalue weighted by molar-refractivity contribution is 5.92. The number of carbonyl (C=O) groups excluding carboxylic acids is 1. The Labute approximate surface area is 115 Å². The molecule has 1 saturated carbocycles. The second kappa shape index (κ2) is 5.59. The fourth-order valence-electron chi connectivity index (χ4n) is 2.67. The van der Waals surface area contributed by atoms with E-state index in [0.717, 1.165) is 12.1 Å². The average molecular weight is 261 g/mol. The zero-order valence-corrected chi connectivity index (χ0v) is 12.0. The summed E-state index contributed by atoms with van der Waals surface area (Å²) in [4.78, 5) is 16.4. The Bertz CT molecular complexity index is 439. The third-order valence-corrected chi connectivity index (χ3v) is 4.10. The van der Waals surface area contributed by atoms with Crippen LogP contribution in [0.5, 0.6) is 0 Å². The molecular formula is C15H23N3O. The minimum absolute atomic E-state index is 0.0670. The van der Waals surface area contributed by atoms with E-state index in [4.69, 9.17) is 0 Å². The summed E-state index contributed by atoms with van der Waals surface area (Å²) < 4.78 is 0. The van der Waals surface area contributed by atoms with Gasteiger partial charge in [-0.15, -0.1) is 0 Å². The smallest absolute Gasteiger partial charge is 0.270 e. The molecule has 1 aromatic heterocycles. The van der Waals surface area contributed by atoms with Gasteiger partial charge in [0.1, 0.15) is 5.69 Å². The Balaban J connectivity index is 2.03. The lowest BCUT2D eigenvalue weighted by Crippen LogP contribution is -2.47. The quantitative estimate of drug-likeness (QED) is 0.879. The molecule has 0 bridgehead atoms. The molecule has 1 atom stereocenters. The highest BCUT2D eigenvalue weighted by Gasteiger charge is 2.33. The largest absolute Gasteiger partial charge is 0.387 e. The minimum Gasteiger partial charge on any atom is -0.387 e. The van der Waals surface area contributed by atoms with Gasteiger partial charge in [0.25, 0.3) is 5.91 Å². The van der Waals surface area contributed by atoms with Gasteiger partial charge in [0, 0.05) is 13.1 Å². The van der Waals surface area contributed by atoms with E-state index in [1.165, 1.54) is 19.3 Å². The number of hydrogen-bond acceptors (Lipinski definition) is 3. The second-order valence-corrected chi connectivity index (χ2v) is 5.94. The van der Waals surface area contributed by atoms with E-state index in [-0.39, 0.29) is 17.4 Å². The highest BCUT2D eigenvalue weighted by atomic mass is 16.1. The third kappa shape index (κ3) is 3.25. The number of anilines is 1. The fourth-order valence-corrected chi connectivity index (χ4v) is 2.67. The Hall–Kier alpha value is -1.58. The van der Waals surface area contributed by atoms with Crippen molar-refractivity contribution in [3.05, 3.63) is 24.0 Å². The summed E-state index contributed by atoms with van der Waals surface area (Å²) in [5.41, 5.74) is 1.58. The van der Waals surface area contributed by atoms with Crippen molar-refractivity contribution >= 4 is 11.6 Å². The van der Waals surface area contributed by atoms with Crippen LogP contribution in [-0.2, 0) is 0 Å². The van der Waals surface area contributed by atoms with Gasteiger partial charge < -0.3 is 10.6 Å². The standard InChI is InChI=1S/C15H23N3O/c1-15(2)9-5-4-6-13(15)18-14(19)12-8-7-11(16-3)10-17-12/h7-8,10,13,16H,4-6,9H2,1-3H3,(H,18,19). The van der Waals surface area contributed by atoms with Gasteiger partial charge in [-0.05, 0) is 30.4 Å². The van der Waals surface area contributed by atoms with Gasteiger partial charge in [0.2, 0.25) is 0 Å². The van der Waals surface area contributed by atoms with Crippen molar-refractivity contribution in [3.63, 3.8) is 0 Å². The molecule has 0 radical (unpaired) electrons. The highest BCUT2D eigenvalue weighted by Crippen LogP contribution is 2.35. The molecule has 1 heterocycles. The summed E-state index contributed by atoms with van der Waals surface area (Å²) in [6.45, 7) is 4.46. The number of pyridine rings is 1. The summed E-state index contributed by atoms with van der Waals surface area (Å²) in [5.74, 6) is -0.0670. The number of aromatic nitrogens is 1. The number of hydrogen-bond donors (Lipinski definition) is 2. The molecule has 104 valence electrons. The molecule has 4 heteroatoms. The molecule has 1 aromatic rings. The van der Waals surface area contributed by atoms with Crippen LogP contribution >= 0.6 is 0 Å². The minimum atomic E-state index is -0.0670. The van der Waals surface area contributed by atoms with Gasteiger partial charge in [-0.3, -0.25) is 4.79 Å². The van der Waals surface area contributed by atoms with Crippen molar-refractivity contribution in [1.29, 1.82) is 0 Å². The molecule has 1 aliphatic carbocycles. The average Bonchev–Trinajstić information content (AvgIpc) is 2.41. The number of nitrogens with one attached hydrogen (secondary N) is 2. The first kappa shape index (κ1) is 13.8. The molecule has 0 aliphatic heterocycles. The molecule has 1 aliphatic rings. The molecule has 19 heavy (non-hydrogen) atoms. The van der Waals surface area contributed by atoms with Crippen LogP contribution in [0.4, 0.5) is 5.69 Å². The molecule has 0 spiro atoms. The molecule has 4 nitrogen and oxygen atoms in total. The predicted octanol–water partition coefficient (Wildman–Crippen LogP) is 2.82. The van der Waals surface area contributed by atoms with E-state index < -0.39 is 0 Å². The lowest BCUT2D eigenvalue weighted by atomic mass is 9.73. The molecule has 1 amide bonds. The Morgan fingerprint density at radius 1 is 1.37 bits per heavy atom. The number of amides is 1. The van der Waals surface area contributed by atoms with E-state index in [1.807, 2.05) is 13.1 Å². The predicted molar refractivity (Wildman–Crippen MR) is 77.3 cm³/mol. The van der Waals surface area contributed by atoms with Gasteiger partial charge in [-0.2, -0.15) is 0 Å². The maximum atomic E-state index is 12.2. The first-order valence-corrected chi connectivity index (χ1v) is 6.97. The molecule has 1 fully saturated rings. The SMILES string of the molecule is CNc1ccc(C(=O)NC2CCCCC2(C)C)nc1. The van der Waals surface area contributed by atoms with Crippen LogP contribution in [0.3, 0.4) is 0 Å². The third-order valence-electron chi connectivity index (χ3n) is 4.10. The van der Waals surface area contributed by atoms with Crippen LogP contribution in [0.15, 0.2) is 18.3 Å². The van der Waals surface area contributed by atoms with E-state index in [2.05, 4.69) is 29.5 Å². The monoisotopic (exact) mass is 261 g/mol. The molecule has 2 rings (SSSR count). The van der Waals surface area contributed by atoms with Gasteiger partial charge in [0.15, 0.2) is 0 Å². The molecule has 2 N–H and O–H groups in total. The van der Waals surface area contributed by atoms with Crippen LogP contribution in [-0.4, -0.2) is 24.0 Å². The van der Waals surface area contributed by atoms with E-state index >= 15 is 0 Å². The van der Waals surface area contributed by atoms with E-state index in [9.17, 15) is 4.79 Å². The van der Waals surface area contributed by atoms with Crippen molar-refractivity contribution in [2.45, 2.75) is 45.6 Å². The zero-order valence-electron chi connectivity index (χ0n) is 12.0. The molecule has 0 aromatic carbocycles. The van der Waals surface area contributed by atoms with Crippen molar-refractivity contribution in [3.8, 4) is 0 Å². The van der Waals surface area contributed by atoms with Crippen LogP contribution in [0, 0.1) is 5.41 Å². The second-order valence-electron chi connectivity index (χ2n) is 5.94. The zero-order chi connectivity index (χ0) is 13.9. The van der Waals surface area contributed by atoms with Crippen LogP contribution in [0.1, 0.15) is 50.0 Å². The lowest BCUT2D eigenvalue weighted by Gasteiger charge is -2.38. The van der Waals surface area contributed by atoms with Gasteiger partial charge in [-0.1, -0.05) is 26.7 Å². The van der Waals surface area contributed by atoms with E-state index in [1.54, 1.807) is 12.3 Å². The van der Waals surface area contributed by atoms with Gasteiger partial charge in [-0.25, -0.2) is 4.98 Å². The Kier molecular flexibility index (Phi) is 4.08. The van der Waals surface area contributed by atoms with Crippen LogP contribution in [0.2, 0.25) is 0 Å². The van der Waals surface area contributed by atoms with Gasteiger partial charge >= 0.3 is 0 Å². The van der Waals surface area contributed by atoms with Crippen molar-refractivity contribution in [2.24, 2.45) is 5.41 Å². The summed E-state index contributed by atoms with van der Waals surface area (Å²) in [6, 6.07) is 3.88. The molecule has 0 saturated heterocycles. The van der Waals surface area contributed by atoms with Crippen LogP contribution < -0.4 is 10.6 Å². The normalized spacial score (nSPS) is 21.7. The van der Waals surface area contributed by atoms with Crippen molar-refractivity contribution in [2.75, 3.05) is 12.4 Å². The maximum Gasteiger partial charge on any atom is 0.270 e. The summed E-state index contributed by atoms with van der Waals surface area (Å²) in [6.07, 6.45) is 6.37. The molecule has 1 unspecified atom stereocenters. The summed E-state index contributed by atoms with van der Waals surface area (Å²) in [5, 5.41) is 6.13. The maximum absolute atomic E-state index is 12.2. The number of carbonyl (C=O) groups is 1. The topological polar surface area (TPSA) is 54.0 Å². The number of rotatable bonds is 3. The first-order chi connectivity index (χ1) is 9.03. The van der Waals surface area contributed by atoms with Crippen LogP contribution in [0.25, 0.3) is 0 Å². The van der Waals surface area contributed by atoms with Gasteiger partial charge in [0.05, 0.1) is 11.9 Å². The first-order valence-electron chi connectivity index (χ1n) is 6.97. The summed E-state index contributed by atoms with van der Waals surface area (Å²) in [7, 11) is 1.83. The number of nitrogens with zero attached hydrogens (tertiary/aromatic N) is 1. The summed E-state index contributed by atoms with van der Waals surface area (Å²) >= 11 is 0. The van der Waals surface area contributed by atoms with Crippen molar-refractivity contribution < 1.29 is 4.79 Å². The molecular weight excluding hydrogens is 238 g/mol. The Morgan fingerprint density at radius 3 is 2.74 bits per heavy atom. The fraction of sp³-hybridized carbons (Fsp3) is 0.600. The van der Waals surface area contributed by atoms with Crippen molar-refractivity contribution in [1.82, 2.24) is 10.3 Å². The van der Waals surface area contributed by atoms with E-state index in [0.29, 0.717) is 5.69 Å². The Morgan fingerprint density at radius 2 is 2.16 bits per heavy atom.